The summed E-state index contributed by atoms with van der Waals surface area (Å²) < 4.78 is 7.50. The molecular weight excluding hydrogens is 350 g/mol. The van der Waals surface area contributed by atoms with Gasteiger partial charge in [-0.25, -0.2) is 0 Å². The Morgan fingerprint density at radius 3 is 2.57 bits per heavy atom. The van der Waals surface area contributed by atoms with Crippen LogP contribution in [0.5, 0.6) is 0 Å². The van der Waals surface area contributed by atoms with E-state index in [0.717, 1.165) is 32.8 Å². The topological polar surface area (TPSA) is 46.5 Å². The normalized spacial score (nSPS) is 16.1. The first-order valence-electron chi connectivity index (χ1n) is 9.98. The fraction of sp³-hybridized carbons (Fsp3) is 0.348. The Balaban J connectivity index is 1.47. The first-order chi connectivity index (χ1) is 13.8. The van der Waals surface area contributed by atoms with Gasteiger partial charge in [-0.05, 0) is 28.5 Å². The van der Waals surface area contributed by atoms with Gasteiger partial charge in [0.15, 0.2) is 0 Å². The standard InChI is InChI=1S/C23H27N3O2/c27-23(24-10-13-25-14-16-28-17-15-25)18-22(26-11-3-4-12-26)21-9-5-7-19-6-1-2-8-20(19)21/h1-9,11-12,22H,10,13-18H2,(H,24,27). The van der Waals surface area contributed by atoms with Crippen molar-refractivity contribution in [1.29, 1.82) is 0 Å². The number of hydrogen-bond acceptors (Lipinski definition) is 3. The first-order valence-corrected chi connectivity index (χ1v) is 9.98. The molecule has 1 aliphatic heterocycles. The third kappa shape index (κ3) is 4.43. The van der Waals surface area contributed by atoms with E-state index in [4.69, 9.17) is 4.74 Å². The number of hydrogen-bond donors (Lipinski definition) is 1. The fourth-order valence-electron chi connectivity index (χ4n) is 3.90. The average molecular weight is 377 g/mol. The molecule has 1 fully saturated rings. The highest BCUT2D eigenvalue weighted by Gasteiger charge is 2.19. The second kappa shape index (κ2) is 9.04. The van der Waals surface area contributed by atoms with Crippen LogP contribution in [0.25, 0.3) is 10.8 Å². The lowest BCUT2D eigenvalue weighted by Crippen LogP contribution is -2.41. The van der Waals surface area contributed by atoms with Gasteiger partial charge in [0.25, 0.3) is 0 Å². The highest BCUT2D eigenvalue weighted by Crippen LogP contribution is 2.29. The van der Waals surface area contributed by atoms with E-state index >= 15 is 0 Å². The van der Waals surface area contributed by atoms with E-state index in [1.54, 1.807) is 0 Å². The lowest BCUT2D eigenvalue weighted by molar-refractivity contribution is -0.121. The molecule has 1 saturated heterocycles. The molecule has 2 heterocycles. The summed E-state index contributed by atoms with van der Waals surface area (Å²) in [5, 5.41) is 5.50. The molecule has 0 spiro atoms. The molecule has 0 bridgehead atoms. The zero-order valence-electron chi connectivity index (χ0n) is 16.1. The van der Waals surface area contributed by atoms with Crippen molar-refractivity contribution in [2.24, 2.45) is 0 Å². The predicted octanol–water partition coefficient (Wildman–Crippen LogP) is 3.07. The summed E-state index contributed by atoms with van der Waals surface area (Å²) in [7, 11) is 0. The van der Waals surface area contributed by atoms with Crippen molar-refractivity contribution in [3.8, 4) is 0 Å². The van der Waals surface area contributed by atoms with Crippen LogP contribution in [-0.2, 0) is 9.53 Å². The Kier molecular flexibility index (Phi) is 6.04. The number of morpholine rings is 1. The fourth-order valence-corrected chi connectivity index (χ4v) is 3.90. The van der Waals surface area contributed by atoms with Gasteiger partial charge < -0.3 is 14.6 Å². The van der Waals surface area contributed by atoms with Gasteiger partial charge in [0.2, 0.25) is 5.91 Å². The lowest BCUT2D eigenvalue weighted by atomic mass is 9.96. The Hall–Kier alpha value is -2.63. The molecule has 4 rings (SSSR count). The molecule has 146 valence electrons. The number of amides is 1. The van der Waals surface area contributed by atoms with Crippen molar-refractivity contribution >= 4 is 16.7 Å². The highest BCUT2D eigenvalue weighted by molar-refractivity contribution is 5.87. The van der Waals surface area contributed by atoms with Gasteiger partial charge in [0.1, 0.15) is 0 Å². The van der Waals surface area contributed by atoms with Gasteiger partial charge in [0, 0.05) is 38.6 Å². The molecule has 5 nitrogen and oxygen atoms in total. The van der Waals surface area contributed by atoms with E-state index in [9.17, 15) is 4.79 Å². The highest BCUT2D eigenvalue weighted by atomic mass is 16.5. The predicted molar refractivity (Wildman–Crippen MR) is 111 cm³/mol. The first kappa shape index (κ1) is 18.7. The van der Waals surface area contributed by atoms with E-state index in [-0.39, 0.29) is 11.9 Å². The Morgan fingerprint density at radius 1 is 1.00 bits per heavy atom. The quantitative estimate of drug-likeness (QED) is 0.688. The number of aromatic nitrogens is 1. The second-order valence-corrected chi connectivity index (χ2v) is 7.22. The van der Waals surface area contributed by atoms with Crippen LogP contribution in [0.2, 0.25) is 0 Å². The summed E-state index contributed by atoms with van der Waals surface area (Å²) in [4.78, 5) is 15.1. The summed E-state index contributed by atoms with van der Waals surface area (Å²) in [6.45, 7) is 5.00. The van der Waals surface area contributed by atoms with Crippen molar-refractivity contribution in [3.05, 3.63) is 72.6 Å². The number of carbonyl (C=O) groups is 1. The molecule has 1 aliphatic rings. The summed E-state index contributed by atoms with van der Waals surface area (Å²) in [5.41, 5.74) is 1.18. The van der Waals surface area contributed by atoms with Crippen LogP contribution >= 0.6 is 0 Å². The van der Waals surface area contributed by atoms with Crippen molar-refractivity contribution in [2.45, 2.75) is 12.5 Å². The molecule has 0 saturated carbocycles. The molecule has 1 atom stereocenters. The largest absolute Gasteiger partial charge is 0.379 e. The molecule has 28 heavy (non-hydrogen) atoms. The van der Waals surface area contributed by atoms with Gasteiger partial charge in [-0.15, -0.1) is 0 Å². The minimum absolute atomic E-state index is 0.0236. The number of nitrogens with zero attached hydrogens (tertiary/aromatic N) is 2. The van der Waals surface area contributed by atoms with Crippen LogP contribution in [0.1, 0.15) is 18.0 Å². The minimum atomic E-state index is -0.0236. The molecule has 1 unspecified atom stereocenters. The van der Waals surface area contributed by atoms with Crippen LogP contribution in [0.4, 0.5) is 0 Å². The van der Waals surface area contributed by atoms with Crippen LogP contribution in [0.15, 0.2) is 67.0 Å². The van der Waals surface area contributed by atoms with Gasteiger partial charge >= 0.3 is 0 Å². The zero-order chi connectivity index (χ0) is 19.2. The summed E-state index contributed by atoms with van der Waals surface area (Å²) in [6.07, 6.45) is 4.49. The summed E-state index contributed by atoms with van der Waals surface area (Å²) in [6, 6.07) is 18.7. The maximum Gasteiger partial charge on any atom is 0.222 e. The Bertz CT molecular complexity index is 896. The van der Waals surface area contributed by atoms with E-state index in [1.807, 2.05) is 24.5 Å². The van der Waals surface area contributed by atoms with Crippen molar-refractivity contribution in [3.63, 3.8) is 0 Å². The van der Waals surface area contributed by atoms with Crippen LogP contribution in [-0.4, -0.2) is 54.8 Å². The maximum absolute atomic E-state index is 12.7. The lowest BCUT2D eigenvalue weighted by Gasteiger charge is -2.26. The number of benzene rings is 2. The molecule has 1 N–H and O–H groups in total. The Labute approximate surface area is 165 Å². The summed E-state index contributed by atoms with van der Waals surface area (Å²) >= 11 is 0. The molecule has 0 aliphatic carbocycles. The monoisotopic (exact) mass is 377 g/mol. The van der Waals surface area contributed by atoms with Gasteiger partial charge in [-0.3, -0.25) is 9.69 Å². The third-order valence-corrected chi connectivity index (χ3v) is 5.40. The zero-order valence-corrected chi connectivity index (χ0v) is 16.1. The molecule has 1 aromatic heterocycles. The molecule has 2 aromatic carbocycles. The van der Waals surface area contributed by atoms with Gasteiger partial charge in [0.05, 0.1) is 25.7 Å². The van der Waals surface area contributed by atoms with Gasteiger partial charge in [-0.1, -0.05) is 42.5 Å². The van der Waals surface area contributed by atoms with Crippen LogP contribution in [0.3, 0.4) is 0 Å². The van der Waals surface area contributed by atoms with E-state index in [0.29, 0.717) is 13.0 Å². The minimum Gasteiger partial charge on any atom is -0.379 e. The number of fused-ring (bicyclic) bond motifs is 1. The second-order valence-electron chi connectivity index (χ2n) is 7.22. The molecule has 3 aromatic rings. The van der Waals surface area contributed by atoms with Gasteiger partial charge in [-0.2, -0.15) is 0 Å². The molecule has 0 radical (unpaired) electrons. The third-order valence-electron chi connectivity index (χ3n) is 5.40. The smallest absolute Gasteiger partial charge is 0.222 e. The number of carbonyl (C=O) groups excluding carboxylic acids is 1. The maximum atomic E-state index is 12.7. The van der Waals surface area contributed by atoms with E-state index in [1.165, 1.54) is 16.3 Å². The summed E-state index contributed by atoms with van der Waals surface area (Å²) in [5.74, 6) is 0.0832. The van der Waals surface area contributed by atoms with E-state index in [2.05, 4.69) is 57.2 Å². The average Bonchev–Trinajstić information content (AvgIpc) is 3.27. The number of nitrogens with one attached hydrogen (secondary N) is 1. The SMILES string of the molecule is O=C(CC(c1cccc2ccccc12)n1cccc1)NCCN1CCOCC1. The molecule has 5 heteroatoms. The number of rotatable bonds is 7. The van der Waals surface area contributed by atoms with E-state index < -0.39 is 0 Å². The van der Waals surface area contributed by atoms with Crippen molar-refractivity contribution < 1.29 is 9.53 Å². The Morgan fingerprint density at radius 2 is 1.75 bits per heavy atom. The van der Waals surface area contributed by atoms with Crippen LogP contribution in [0, 0.1) is 0 Å². The molecular formula is C23H27N3O2. The molecule has 1 amide bonds. The van der Waals surface area contributed by atoms with Crippen LogP contribution < -0.4 is 5.32 Å². The van der Waals surface area contributed by atoms with Crippen molar-refractivity contribution in [2.75, 3.05) is 39.4 Å². The van der Waals surface area contributed by atoms with Crippen molar-refractivity contribution in [1.82, 2.24) is 14.8 Å². The number of ether oxygens (including phenoxy) is 1.